The highest BCUT2D eigenvalue weighted by Gasteiger charge is 2.59. The molecule has 0 aromatic carbocycles. The molecule has 0 saturated carbocycles. The number of aromatic nitrogens is 13. The van der Waals surface area contributed by atoms with Crippen molar-refractivity contribution in [2.24, 2.45) is 5.73 Å². The lowest BCUT2D eigenvalue weighted by molar-refractivity contribution is -0.284. The predicted octanol–water partition coefficient (Wildman–Crippen LogP) is 11.6. The first-order chi connectivity index (χ1) is 38.9. The molecule has 464 valence electrons. The summed E-state index contributed by atoms with van der Waals surface area (Å²) in [7, 11) is 0. The van der Waals surface area contributed by atoms with E-state index >= 15 is 0 Å². The third kappa shape index (κ3) is 20.5. The number of imidazole rings is 3. The van der Waals surface area contributed by atoms with Gasteiger partial charge in [0.15, 0.2) is 5.69 Å². The number of alkyl halides is 20. The van der Waals surface area contributed by atoms with Gasteiger partial charge in [-0.3, -0.25) is 4.79 Å². The Labute approximate surface area is 478 Å². The average molecular weight is 1330 g/mol. The van der Waals surface area contributed by atoms with Gasteiger partial charge in [0.2, 0.25) is 5.91 Å². The lowest BCUT2D eigenvalue weighted by atomic mass is 10.1. The summed E-state index contributed by atoms with van der Waals surface area (Å²) in [6.07, 6.45) is -22.2. The Bertz CT molecular complexity index is 3390. The van der Waals surface area contributed by atoms with Crippen LogP contribution in [0.1, 0.15) is 66.7 Å². The molecular weight excluding hydrogens is 1290 g/mol. The Morgan fingerprint density at radius 1 is 0.541 bits per heavy atom. The smallest absolute Gasteiger partial charge is 0.350 e. The summed E-state index contributed by atoms with van der Waals surface area (Å²) in [5.74, 6) is -20.0. The zero-order valence-corrected chi connectivity index (χ0v) is 44.8. The minimum Gasteiger partial charge on any atom is -0.350 e. The van der Waals surface area contributed by atoms with E-state index in [-0.39, 0.29) is 47.6 Å². The van der Waals surface area contributed by atoms with E-state index in [1.54, 1.807) is 42.6 Å². The van der Waals surface area contributed by atoms with Crippen LogP contribution in [0, 0.1) is 11.3 Å². The number of nitrogens with zero attached hydrogens (tertiary/aromatic N) is 14. The van der Waals surface area contributed by atoms with Crippen molar-refractivity contribution in [3.05, 3.63) is 137 Å². The second-order valence-electron chi connectivity index (χ2n) is 16.7. The molecule has 39 heteroatoms. The van der Waals surface area contributed by atoms with Gasteiger partial charge in [-0.25, -0.2) is 28.5 Å². The predicted molar refractivity (Wildman–Crippen MR) is 261 cm³/mol. The maximum Gasteiger partial charge on any atom is 0.453 e. The molecule has 0 aliphatic rings. The Morgan fingerprint density at radius 2 is 0.953 bits per heavy atom. The SMILES string of the molecule is Cl.FC(F)(F)C(F)(F)CCc1nc(Br)c2cccnn12.FC(F)(F)C(F)(F)CCc1ncc2cccnn12.N#Cc1nc(CCC(F)(F)C(F)(F)F)n2ncccc12.NCc1cccnn1.O=C(CCC(F)(F)C(F)(F)F)NCc1cccnn1. The van der Waals surface area contributed by atoms with E-state index in [9.17, 15) is 92.6 Å². The van der Waals surface area contributed by atoms with E-state index in [1.165, 1.54) is 58.2 Å². The fraction of sp³-hybridized carbons (Fsp3) is 0.391. The van der Waals surface area contributed by atoms with Crippen LogP contribution in [0.2, 0.25) is 0 Å². The standard InChI is InChI=1S/C11H7F5N4.C10H7BrF5N3.C10H10F5N3O.C10H8F5N3.C5H7N3.ClH/c12-10(13,11(14,15)16)4-3-9-19-7(6-17)8-2-1-5-18-20(8)9;11-8-6-2-1-5-17-19(6)7(18-8)3-4-9(12,13)10(14,15)16;11-9(12,10(13,14)15)4-3-8(19)16-6-7-2-1-5-17-18-7;11-9(12,10(13,14)15)4-3-8-16-6-7-2-1-5-17-18(7)8;6-4-5-2-1-3-7-8-5;/h1-2,5H,3-4H2;1-2,5H,3-4H2;1-2,5H,3-4,6H2,(H,16,19);1-2,5-6H,3-4H2;1-3H,4,6H2;1H. The number of amides is 1. The molecule has 0 unspecified atom stereocenters. The zero-order valence-electron chi connectivity index (χ0n) is 42.4. The highest BCUT2D eigenvalue weighted by atomic mass is 79.9. The number of rotatable bonds is 15. The topological polar surface area (TPSA) is 221 Å². The highest BCUT2D eigenvalue weighted by molar-refractivity contribution is 9.10. The molecule has 0 bridgehead atoms. The van der Waals surface area contributed by atoms with Gasteiger partial charge < -0.3 is 11.1 Å². The van der Waals surface area contributed by atoms with E-state index in [0.29, 0.717) is 27.9 Å². The van der Waals surface area contributed by atoms with Gasteiger partial charge in [-0.05, 0) is 76.6 Å². The molecule has 0 spiro atoms. The molecule has 8 aromatic rings. The molecule has 0 saturated heterocycles. The van der Waals surface area contributed by atoms with Crippen molar-refractivity contribution >= 4 is 50.8 Å². The second-order valence-corrected chi connectivity index (χ2v) is 17.5. The molecule has 0 radical (unpaired) electrons. The van der Waals surface area contributed by atoms with Gasteiger partial charge in [-0.1, -0.05) is 0 Å². The number of nitrogens with two attached hydrogens (primary N) is 1. The van der Waals surface area contributed by atoms with Crippen LogP contribution >= 0.6 is 28.3 Å². The van der Waals surface area contributed by atoms with Gasteiger partial charge in [-0.15, -0.1) is 12.4 Å². The van der Waals surface area contributed by atoms with Crippen LogP contribution in [-0.2, 0) is 37.1 Å². The minimum absolute atomic E-state index is 0. The van der Waals surface area contributed by atoms with Gasteiger partial charge in [-0.2, -0.15) is 129 Å². The van der Waals surface area contributed by atoms with E-state index in [1.807, 2.05) is 12.1 Å². The number of nitrogens with one attached hydrogen (secondary N) is 1. The summed E-state index contributed by atoms with van der Waals surface area (Å²) >= 11 is 3.10. The van der Waals surface area contributed by atoms with Crippen molar-refractivity contribution in [2.45, 2.75) is 113 Å². The molecule has 85 heavy (non-hydrogen) atoms. The fourth-order valence-electron chi connectivity index (χ4n) is 6.20. The zero-order chi connectivity index (χ0) is 63.0. The van der Waals surface area contributed by atoms with Crippen LogP contribution in [0.4, 0.5) is 87.8 Å². The maximum atomic E-state index is 12.9. The molecular formula is C46H40BrClF20N16O. The normalized spacial score (nSPS) is 12.3. The number of nitriles is 1. The number of hydrogen-bond acceptors (Lipinski definition) is 13. The van der Waals surface area contributed by atoms with Gasteiger partial charge in [0.25, 0.3) is 0 Å². The van der Waals surface area contributed by atoms with E-state index in [2.05, 4.69) is 71.9 Å². The number of aryl methyl sites for hydroxylation is 3. The van der Waals surface area contributed by atoms with Crippen LogP contribution in [-0.4, -0.2) is 118 Å². The first-order valence-electron chi connectivity index (χ1n) is 23.2. The minimum atomic E-state index is -5.64. The van der Waals surface area contributed by atoms with Crippen molar-refractivity contribution in [1.82, 2.24) is 69.5 Å². The molecule has 8 heterocycles. The van der Waals surface area contributed by atoms with Gasteiger partial charge in [0, 0.05) is 88.9 Å². The maximum absolute atomic E-state index is 12.9. The third-order valence-electron chi connectivity index (χ3n) is 10.6. The summed E-state index contributed by atoms with van der Waals surface area (Å²) < 4.78 is 250. The van der Waals surface area contributed by atoms with Crippen molar-refractivity contribution in [1.29, 1.82) is 5.26 Å². The molecule has 0 aliphatic heterocycles. The quantitative estimate of drug-likeness (QED) is 0.0913. The first kappa shape index (κ1) is 71.6. The highest BCUT2D eigenvalue weighted by Crippen LogP contribution is 2.42. The van der Waals surface area contributed by atoms with Crippen molar-refractivity contribution in [2.75, 3.05) is 0 Å². The summed E-state index contributed by atoms with van der Waals surface area (Å²) in [4.78, 5) is 22.5. The van der Waals surface area contributed by atoms with E-state index < -0.39 is 106 Å². The number of carbonyl (C=O) groups excluding carboxylic acids is 1. The van der Waals surface area contributed by atoms with Gasteiger partial charge >= 0.3 is 48.4 Å². The van der Waals surface area contributed by atoms with E-state index in [0.717, 1.165) is 10.2 Å². The van der Waals surface area contributed by atoms with Crippen LogP contribution < -0.4 is 11.1 Å². The Kier molecular flexibility index (Phi) is 25.2. The molecule has 17 nitrogen and oxygen atoms in total. The largest absolute Gasteiger partial charge is 0.453 e. The summed E-state index contributed by atoms with van der Waals surface area (Å²) in [5.41, 5.74) is 7.70. The molecule has 0 atom stereocenters. The van der Waals surface area contributed by atoms with Crippen LogP contribution in [0.3, 0.4) is 0 Å². The first-order valence-corrected chi connectivity index (χ1v) is 24.0. The number of hydrogen-bond donors (Lipinski definition) is 2. The lowest BCUT2D eigenvalue weighted by Gasteiger charge is -2.18. The Morgan fingerprint density at radius 3 is 1.40 bits per heavy atom. The monoisotopic (exact) mass is 1330 g/mol. The number of fused-ring (bicyclic) bond motifs is 3. The Balaban J connectivity index is 0.000000283. The average Bonchev–Trinajstić information content (AvgIpc) is 3.20. The number of halogens is 22. The van der Waals surface area contributed by atoms with Crippen LogP contribution in [0.5, 0.6) is 0 Å². The number of carbonyl (C=O) groups is 1. The third-order valence-corrected chi connectivity index (χ3v) is 11.2. The van der Waals surface area contributed by atoms with Crippen LogP contribution in [0.15, 0.2) is 102 Å². The summed E-state index contributed by atoms with van der Waals surface area (Å²) in [6, 6.07) is 17.9. The van der Waals surface area contributed by atoms with E-state index in [4.69, 9.17) is 11.0 Å². The molecule has 3 N–H and O–H groups in total. The molecule has 1 amide bonds. The molecule has 0 aliphatic carbocycles. The summed E-state index contributed by atoms with van der Waals surface area (Å²) in [6.45, 7) is 0.387. The van der Waals surface area contributed by atoms with Crippen molar-refractivity contribution < 1.29 is 92.6 Å². The van der Waals surface area contributed by atoms with Crippen LogP contribution in [0.25, 0.3) is 16.6 Å². The lowest BCUT2D eigenvalue weighted by Crippen LogP contribution is -2.37. The Hall–Kier alpha value is -7.69. The van der Waals surface area contributed by atoms with Gasteiger partial charge in [0.1, 0.15) is 33.7 Å². The fourth-order valence-corrected chi connectivity index (χ4v) is 6.71. The summed E-state index contributed by atoms with van der Waals surface area (Å²) in [5, 5.41) is 37.0. The van der Waals surface area contributed by atoms with Crippen molar-refractivity contribution in [3.63, 3.8) is 0 Å². The molecule has 8 rings (SSSR count). The molecule has 0 fully saturated rings. The molecule has 8 aromatic heterocycles. The van der Waals surface area contributed by atoms with Gasteiger partial charge in [0.05, 0.1) is 35.2 Å². The second kappa shape index (κ2) is 29.9. The van der Waals surface area contributed by atoms with Crippen molar-refractivity contribution in [3.8, 4) is 6.07 Å².